The van der Waals surface area contributed by atoms with Gasteiger partial charge in [0.15, 0.2) is 16.2 Å². The predicted molar refractivity (Wildman–Crippen MR) is 274 cm³/mol. The maximum Gasteiger partial charge on any atom is 0.323 e. The van der Waals surface area contributed by atoms with Crippen LogP contribution in [0.4, 0.5) is 0 Å². The third-order valence-corrected chi connectivity index (χ3v) is 16.1. The van der Waals surface area contributed by atoms with Crippen LogP contribution in [0.25, 0.3) is 64.6 Å². The molecule has 72 heavy (non-hydrogen) atoms. The van der Waals surface area contributed by atoms with E-state index in [2.05, 4.69) is 91.0 Å². The first-order valence-corrected chi connectivity index (χ1v) is 23.8. The Morgan fingerprint density at radius 3 is 0.681 bits per heavy atom. The molecular formula is C60H54O12. The van der Waals surface area contributed by atoms with Crippen LogP contribution in [0.2, 0.25) is 0 Å². The van der Waals surface area contributed by atoms with Crippen molar-refractivity contribution in [1.29, 1.82) is 0 Å². The Morgan fingerprint density at radius 1 is 0.306 bits per heavy atom. The third kappa shape index (κ3) is 6.85. The number of benzene rings is 6. The molecule has 10 aromatic carbocycles. The van der Waals surface area contributed by atoms with E-state index < -0.39 is 52.1 Å². The van der Waals surface area contributed by atoms with Crippen molar-refractivity contribution >= 4 is 100 Å². The molecule has 0 unspecified atom stereocenters. The van der Waals surface area contributed by atoms with Crippen LogP contribution in [0.5, 0.6) is 0 Å². The quantitative estimate of drug-likeness (QED) is 0.0885. The molecule has 0 fully saturated rings. The van der Waals surface area contributed by atoms with Crippen LogP contribution in [-0.4, -0.2) is 78.5 Å². The van der Waals surface area contributed by atoms with Crippen molar-refractivity contribution in [3.8, 4) is 0 Å². The third-order valence-electron chi connectivity index (χ3n) is 16.1. The van der Waals surface area contributed by atoms with Gasteiger partial charge in [-0.05, 0) is 135 Å². The fraction of sp³-hybridized carbons (Fsp3) is 0.300. The maximum absolute atomic E-state index is 13.7. The lowest BCUT2D eigenvalue weighted by atomic mass is 9.84. The molecule has 0 spiro atoms. The molecule has 12 heteroatoms. The summed E-state index contributed by atoms with van der Waals surface area (Å²) in [6.45, 7) is 5.96. The highest BCUT2D eigenvalue weighted by molar-refractivity contribution is 6.16. The van der Waals surface area contributed by atoms with Crippen LogP contribution in [-0.2, 0) is 95.7 Å². The summed E-state index contributed by atoms with van der Waals surface area (Å²) < 4.78 is 31.8. The van der Waals surface area contributed by atoms with E-state index in [9.17, 15) is 28.8 Å². The maximum atomic E-state index is 13.7. The first-order chi connectivity index (χ1) is 34.5. The second kappa shape index (κ2) is 17.5. The molecule has 6 bridgehead atoms. The van der Waals surface area contributed by atoms with Crippen LogP contribution in [0.3, 0.4) is 0 Å². The number of carbonyl (C=O) groups excluding carboxylic acids is 6. The number of methoxy groups -OCH3 is 6. The Hall–Kier alpha value is -7.86. The summed E-state index contributed by atoms with van der Waals surface area (Å²) in [5.74, 6) is -4.00. The molecule has 13 rings (SSSR count). The van der Waals surface area contributed by atoms with Crippen molar-refractivity contribution in [3.63, 3.8) is 0 Å². The van der Waals surface area contributed by atoms with Crippen molar-refractivity contribution in [1.82, 2.24) is 0 Å². The normalized spacial score (nSPS) is 15.6. The Balaban J connectivity index is 1.38. The lowest BCUT2D eigenvalue weighted by molar-refractivity contribution is -0.170. The lowest BCUT2D eigenvalue weighted by Gasteiger charge is -2.22. The number of fused-ring (bicyclic) bond motifs is 6. The summed E-state index contributed by atoms with van der Waals surface area (Å²) in [5.41, 5.74) is 3.03. The largest absolute Gasteiger partial charge is 0.468 e. The molecule has 3 aliphatic rings. The van der Waals surface area contributed by atoms with Crippen LogP contribution in [0.1, 0.15) is 50.1 Å². The van der Waals surface area contributed by atoms with E-state index in [1.54, 1.807) is 0 Å². The van der Waals surface area contributed by atoms with Crippen molar-refractivity contribution in [2.24, 2.45) is 16.2 Å². The first kappa shape index (κ1) is 47.8. The van der Waals surface area contributed by atoms with Crippen LogP contribution in [0, 0.1) is 37.0 Å². The topological polar surface area (TPSA) is 158 Å². The number of hydrogen-bond donors (Lipinski definition) is 0. The highest BCUT2D eigenvalue weighted by atomic mass is 16.6. The Kier molecular flexibility index (Phi) is 11.6. The zero-order chi connectivity index (χ0) is 51.2. The van der Waals surface area contributed by atoms with Gasteiger partial charge in [0, 0.05) is 38.5 Å². The Bertz CT molecular complexity index is 3240. The molecule has 0 saturated carbocycles. The average molecular weight is 967 g/mol. The van der Waals surface area contributed by atoms with E-state index in [0.29, 0.717) is 0 Å². The number of esters is 6. The van der Waals surface area contributed by atoms with E-state index in [4.69, 9.17) is 28.4 Å². The molecule has 0 aromatic heterocycles. The molecule has 366 valence electrons. The summed E-state index contributed by atoms with van der Waals surface area (Å²) in [7, 11) is 7.68. The molecule has 0 aliphatic heterocycles. The zero-order valence-electron chi connectivity index (χ0n) is 41.8. The van der Waals surface area contributed by atoms with E-state index in [0.717, 1.165) is 115 Å². The summed E-state index contributed by atoms with van der Waals surface area (Å²) in [6, 6.07) is 31.0. The molecule has 0 atom stereocenters. The van der Waals surface area contributed by atoms with E-state index in [1.165, 1.54) is 42.7 Å². The fourth-order valence-electron chi connectivity index (χ4n) is 12.5. The molecule has 0 N–H and O–H groups in total. The van der Waals surface area contributed by atoms with E-state index >= 15 is 0 Å². The second-order valence-corrected chi connectivity index (χ2v) is 19.7. The Morgan fingerprint density at radius 2 is 0.486 bits per heavy atom. The van der Waals surface area contributed by atoms with Crippen LogP contribution >= 0.6 is 0 Å². The number of hydrogen-bond acceptors (Lipinski definition) is 12. The van der Waals surface area contributed by atoms with Gasteiger partial charge < -0.3 is 28.4 Å². The van der Waals surface area contributed by atoms with E-state index in [-0.39, 0.29) is 38.5 Å². The SMILES string of the molecule is COC(=O)C1(C(=O)OC)Cc2c(C)cc3c4ccc(cc4)c4c5c(c(C)cc4c4ccc(cc4)c4c6c(c(C)cc4c4ccc(cc4)c3c2C1)CC(C(=O)OC)(C(=O)OC)C6)CC(C(=O)OC)(C(=O)OC)C5. The second-order valence-electron chi connectivity index (χ2n) is 19.7. The summed E-state index contributed by atoms with van der Waals surface area (Å²) in [4.78, 5) is 82.4. The summed E-state index contributed by atoms with van der Waals surface area (Å²) in [6.07, 6.45) is 0.473. The molecule has 0 radical (unpaired) electrons. The summed E-state index contributed by atoms with van der Waals surface area (Å²) >= 11 is 0. The van der Waals surface area contributed by atoms with Gasteiger partial charge in [0.25, 0.3) is 0 Å². The Labute approximate surface area is 415 Å². The standard InChI is InChI=1S/C60H54O12/c1-31-22-40-34-10-16-38(17-11-34)50-42(24-33(3)44-26-59(29-47(44)50,54(63)69-6)55(64)70-7)36-14-20-39(21-15-36)51-41(23-32(2)45-27-60(30-48(45)51,56(65)71-8)57(66)72-9)35-12-18-37(19-13-35)49(40)46-28-58(25-43(31)46,52(61)67-4)53(62)68-5/h10-24H,25-30H2,1-9H3. The first-order valence-electron chi connectivity index (χ1n) is 23.8. The fourth-order valence-corrected chi connectivity index (χ4v) is 12.5. The molecule has 10 aromatic rings. The van der Waals surface area contributed by atoms with Gasteiger partial charge in [-0.3, -0.25) is 28.8 Å². The van der Waals surface area contributed by atoms with Gasteiger partial charge in [0.1, 0.15) is 0 Å². The molecular weight excluding hydrogens is 913 g/mol. The molecule has 12 nitrogen and oxygen atoms in total. The highest BCUT2D eigenvalue weighted by Crippen LogP contribution is 2.49. The van der Waals surface area contributed by atoms with Crippen LogP contribution in [0.15, 0.2) is 91.0 Å². The predicted octanol–water partition coefficient (Wildman–Crippen LogP) is 9.51. The minimum atomic E-state index is -1.59. The van der Waals surface area contributed by atoms with Crippen molar-refractivity contribution < 1.29 is 57.2 Å². The van der Waals surface area contributed by atoms with Gasteiger partial charge in [0.2, 0.25) is 0 Å². The van der Waals surface area contributed by atoms with Gasteiger partial charge >= 0.3 is 35.8 Å². The molecule has 0 saturated heterocycles. The van der Waals surface area contributed by atoms with Crippen molar-refractivity contribution in [3.05, 3.63) is 141 Å². The molecule has 3 aliphatic carbocycles. The lowest BCUT2D eigenvalue weighted by Crippen LogP contribution is -2.42. The zero-order valence-corrected chi connectivity index (χ0v) is 41.8. The number of carbonyl (C=O) groups is 6. The van der Waals surface area contributed by atoms with Crippen molar-refractivity contribution in [2.75, 3.05) is 42.7 Å². The van der Waals surface area contributed by atoms with Gasteiger partial charge in [-0.1, -0.05) is 91.0 Å². The van der Waals surface area contributed by atoms with Crippen molar-refractivity contribution in [2.45, 2.75) is 59.3 Å². The van der Waals surface area contributed by atoms with Gasteiger partial charge in [0.05, 0.1) is 42.7 Å². The highest BCUT2D eigenvalue weighted by Gasteiger charge is 2.56. The molecule has 0 heterocycles. The van der Waals surface area contributed by atoms with Crippen LogP contribution < -0.4 is 0 Å². The smallest absolute Gasteiger partial charge is 0.323 e. The van der Waals surface area contributed by atoms with E-state index in [1.807, 2.05) is 20.8 Å². The minimum Gasteiger partial charge on any atom is -0.468 e. The van der Waals surface area contributed by atoms with Gasteiger partial charge in [-0.25, -0.2) is 0 Å². The average Bonchev–Trinajstić information content (AvgIpc) is 4.15. The number of rotatable bonds is 6. The number of aryl methyl sites for hydroxylation is 3. The van der Waals surface area contributed by atoms with Gasteiger partial charge in [-0.2, -0.15) is 0 Å². The monoisotopic (exact) mass is 966 g/mol. The van der Waals surface area contributed by atoms with Gasteiger partial charge in [-0.15, -0.1) is 0 Å². The summed E-state index contributed by atoms with van der Waals surface area (Å²) in [5, 5.41) is 10.4. The minimum absolute atomic E-state index is 0.0540. The number of ether oxygens (including phenoxy) is 6. The molecule has 0 amide bonds.